The molecule has 3 nitrogen and oxygen atoms in total. The van der Waals surface area contributed by atoms with Crippen LogP contribution in [0.15, 0.2) is 11.6 Å². The number of allylic oxidation sites excluding steroid dienone is 2. The molecule has 0 saturated heterocycles. The number of Topliss-reactive ketones (excluding diaryl/α,β-unsaturated/α-hetero) is 1. The molecule has 5 aliphatic rings. The molecule has 8 atom stereocenters. The molecule has 0 amide bonds. The monoisotopic (exact) mass is 463 g/mol. The number of rotatable bonds is 0. The summed E-state index contributed by atoms with van der Waals surface area (Å²) >= 11 is 0. The Morgan fingerprint density at radius 1 is 0.882 bits per heavy atom. The van der Waals surface area contributed by atoms with Crippen molar-refractivity contribution in [2.24, 2.45) is 50.2 Å². The maximum Gasteiger partial charge on any atom is 0.282 e. The summed E-state index contributed by atoms with van der Waals surface area (Å²) in [5, 5.41) is 0. The third-order valence-corrected chi connectivity index (χ3v) is 12.7. The average molecular weight is 464 g/mol. The molecular weight excluding hydrogens is 418 g/mol. The average Bonchev–Trinajstić information content (AvgIpc) is 2.74. The van der Waals surface area contributed by atoms with Gasteiger partial charge >= 0.3 is 0 Å². The number of ketones is 2. The first kappa shape index (κ1) is 24.3. The van der Waals surface area contributed by atoms with Crippen LogP contribution in [0.2, 0.25) is 0 Å². The van der Waals surface area contributed by atoms with E-state index < -0.39 is 11.5 Å². The van der Waals surface area contributed by atoms with E-state index in [0.29, 0.717) is 23.5 Å². The molecule has 4 fully saturated rings. The predicted octanol–water partition coefficient (Wildman–Crippen LogP) is 7.45. The van der Waals surface area contributed by atoms with Crippen molar-refractivity contribution in [3.8, 4) is 0 Å². The van der Waals surface area contributed by atoms with Crippen LogP contribution in [0.3, 0.4) is 0 Å². The highest BCUT2D eigenvalue weighted by molar-refractivity contribution is 5.96. The van der Waals surface area contributed by atoms with Crippen LogP contribution < -0.4 is 0 Å². The summed E-state index contributed by atoms with van der Waals surface area (Å²) in [5.41, 5.74) is 0.954. The largest absolute Gasteiger partial charge is 0.305 e. The van der Waals surface area contributed by atoms with E-state index in [-0.39, 0.29) is 39.3 Å². The molecule has 0 spiro atoms. The molecule has 0 heterocycles. The van der Waals surface area contributed by atoms with Crippen molar-refractivity contribution in [1.82, 2.24) is 0 Å². The van der Waals surface area contributed by atoms with Gasteiger partial charge in [0.2, 0.25) is 5.78 Å². The zero-order valence-corrected chi connectivity index (χ0v) is 22.8. The van der Waals surface area contributed by atoms with Gasteiger partial charge in [0.25, 0.3) is 6.04 Å². The molecule has 5 rings (SSSR count). The lowest BCUT2D eigenvalue weighted by atomic mass is 9.34. The lowest BCUT2D eigenvalue weighted by Gasteiger charge is -2.69. The molecule has 0 aromatic heterocycles. The number of carbonyl (C=O) groups is 2. The second kappa shape index (κ2) is 6.86. The van der Waals surface area contributed by atoms with Crippen molar-refractivity contribution >= 4 is 11.6 Å². The Hall–Kier alpha value is -1.43. The number of hydrogen-bond donors (Lipinski definition) is 0. The molecule has 0 bridgehead atoms. The minimum atomic E-state index is -0.589. The minimum absolute atomic E-state index is 0.0528. The maximum absolute atomic E-state index is 14.2. The van der Waals surface area contributed by atoms with E-state index in [0.717, 1.165) is 25.7 Å². The van der Waals surface area contributed by atoms with E-state index >= 15 is 0 Å². The Morgan fingerprint density at radius 3 is 2.18 bits per heavy atom. The fourth-order valence-electron chi connectivity index (χ4n) is 10.3. The second-order valence-electron chi connectivity index (χ2n) is 15.3. The van der Waals surface area contributed by atoms with Gasteiger partial charge in [0.1, 0.15) is 0 Å². The van der Waals surface area contributed by atoms with Gasteiger partial charge in [-0.15, -0.1) is 0 Å². The van der Waals surface area contributed by atoms with Crippen LogP contribution in [-0.4, -0.2) is 17.6 Å². The molecule has 3 unspecified atom stereocenters. The third kappa shape index (κ3) is 2.81. The van der Waals surface area contributed by atoms with E-state index in [2.05, 4.69) is 66.3 Å². The molecule has 0 radical (unpaired) electrons. The van der Waals surface area contributed by atoms with Gasteiger partial charge in [-0.05, 0) is 84.5 Å². The Labute approximate surface area is 207 Å². The highest BCUT2D eigenvalue weighted by atomic mass is 16.1. The van der Waals surface area contributed by atoms with Gasteiger partial charge in [-0.2, -0.15) is 0 Å². The zero-order chi connectivity index (χ0) is 25.1. The van der Waals surface area contributed by atoms with Gasteiger partial charge < -0.3 is 4.85 Å². The summed E-state index contributed by atoms with van der Waals surface area (Å²) in [7, 11) is 0. The van der Waals surface area contributed by atoms with E-state index in [1.165, 1.54) is 24.8 Å². The van der Waals surface area contributed by atoms with Crippen LogP contribution in [0.1, 0.15) is 107 Å². The van der Waals surface area contributed by atoms with Crippen LogP contribution in [0.4, 0.5) is 0 Å². The van der Waals surface area contributed by atoms with Gasteiger partial charge in [0.05, 0.1) is 0 Å². The summed E-state index contributed by atoms with van der Waals surface area (Å²) in [6.45, 7) is 26.3. The van der Waals surface area contributed by atoms with Crippen molar-refractivity contribution in [3.05, 3.63) is 23.1 Å². The van der Waals surface area contributed by atoms with Crippen molar-refractivity contribution in [2.75, 3.05) is 0 Å². The number of hydrogen-bond acceptors (Lipinski definition) is 2. The Balaban J connectivity index is 1.65. The fourth-order valence-corrected chi connectivity index (χ4v) is 10.3. The van der Waals surface area contributed by atoms with Gasteiger partial charge in [-0.25, -0.2) is 6.57 Å². The summed E-state index contributed by atoms with van der Waals surface area (Å²) in [6, 6.07) is -0.589. The summed E-state index contributed by atoms with van der Waals surface area (Å²) in [6.07, 6.45) is 10.7. The highest BCUT2D eigenvalue weighted by Crippen LogP contribution is 2.74. The molecule has 0 aromatic rings. The van der Waals surface area contributed by atoms with Crippen LogP contribution >= 0.6 is 0 Å². The Kier molecular flexibility index (Phi) is 4.90. The third-order valence-electron chi connectivity index (χ3n) is 12.7. The standard InChI is InChI=1S/C31H45NO2/c1-26(2)12-13-28(5)14-15-31(8)24(19(28)17-26)21(33)16-23-29(6)18-20(32-9)25(34)27(3,4)22(29)10-11-30(23,31)7/h16,19-20,22,24H,10-15,17-18H2,1-8H3/t19?,20?,22-,24?,28+,29-,30+,31+/m0/s1. The van der Waals surface area contributed by atoms with E-state index in [1.54, 1.807) is 0 Å². The molecule has 0 N–H and O–H groups in total. The molecular formula is C31H45NO2. The van der Waals surface area contributed by atoms with Gasteiger partial charge in [0.15, 0.2) is 5.78 Å². The fraction of sp³-hybridized carbons (Fsp3) is 0.839. The lowest BCUT2D eigenvalue weighted by molar-refractivity contribution is -0.173. The van der Waals surface area contributed by atoms with E-state index in [1.807, 2.05) is 0 Å². The van der Waals surface area contributed by atoms with Gasteiger partial charge in [-0.1, -0.05) is 61.0 Å². The second-order valence-corrected chi connectivity index (χ2v) is 15.3. The Bertz CT molecular complexity index is 1030. The van der Waals surface area contributed by atoms with Crippen LogP contribution in [0.25, 0.3) is 4.85 Å². The number of carbonyl (C=O) groups excluding carboxylic acids is 2. The minimum Gasteiger partial charge on any atom is -0.305 e. The van der Waals surface area contributed by atoms with Crippen molar-refractivity contribution in [3.63, 3.8) is 0 Å². The summed E-state index contributed by atoms with van der Waals surface area (Å²) in [5.74, 6) is 1.19. The summed E-state index contributed by atoms with van der Waals surface area (Å²) < 4.78 is 0. The van der Waals surface area contributed by atoms with Crippen LogP contribution in [0, 0.1) is 56.8 Å². The SMILES string of the molecule is [C-]#[N+]C1C[C@]2(C)C3=CC(=O)C4C5CC(C)(C)CC[C@]5(C)CC[C@@]4(C)[C@]3(C)CC[C@H]2C(C)(C)C1=O. The highest BCUT2D eigenvalue weighted by Gasteiger charge is 2.70. The molecule has 4 saturated carbocycles. The topological polar surface area (TPSA) is 38.5 Å². The summed E-state index contributed by atoms with van der Waals surface area (Å²) in [4.78, 5) is 31.3. The first-order valence-electron chi connectivity index (χ1n) is 13.7. The van der Waals surface area contributed by atoms with Crippen molar-refractivity contribution in [1.29, 1.82) is 0 Å². The molecule has 186 valence electrons. The van der Waals surface area contributed by atoms with Crippen molar-refractivity contribution < 1.29 is 9.59 Å². The van der Waals surface area contributed by atoms with Crippen LogP contribution in [0.5, 0.6) is 0 Å². The smallest absolute Gasteiger partial charge is 0.282 e. The van der Waals surface area contributed by atoms with Gasteiger partial charge in [-0.3, -0.25) is 9.59 Å². The number of fused-ring (bicyclic) bond motifs is 7. The molecule has 3 heteroatoms. The Morgan fingerprint density at radius 2 is 1.53 bits per heavy atom. The first-order valence-corrected chi connectivity index (χ1v) is 13.7. The lowest BCUT2D eigenvalue weighted by Crippen LogP contribution is -2.65. The first-order chi connectivity index (χ1) is 15.6. The normalized spacial score (nSPS) is 51.2. The van der Waals surface area contributed by atoms with Gasteiger partial charge in [0, 0.05) is 23.2 Å². The predicted molar refractivity (Wildman–Crippen MR) is 136 cm³/mol. The molecule has 0 aliphatic heterocycles. The van der Waals surface area contributed by atoms with Crippen molar-refractivity contribution in [2.45, 2.75) is 113 Å². The quantitative estimate of drug-likeness (QED) is 0.350. The van der Waals surface area contributed by atoms with E-state index in [4.69, 9.17) is 6.57 Å². The zero-order valence-electron chi connectivity index (χ0n) is 22.8. The maximum atomic E-state index is 14.2. The number of nitrogens with zero attached hydrogens (tertiary/aromatic N) is 1. The molecule has 0 aromatic carbocycles. The van der Waals surface area contributed by atoms with E-state index in [9.17, 15) is 9.59 Å². The van der Waals surface area contributed by atoms with Crippen LogP contribution in [-0.2, 0) is 9.59 Å². The molecule has 34 heavy (non-hydrogen) atoms. The molecule has 5 aliphatic carbocycles.